The van der Waals surface area contributed by atoms with Crippen molar-refractivity contribution in [1.29, 1.82) is 0 Å². The Bertz CT molecular complexity index is 638. The first-order valence-electron chi connectivity index (χ1n) is 6.07. The molecule has 19 heavy (non-hydrogen) atoms. The first-order chi connectivity index (χ1) is 9.07. The summed E-state index contributed by atoms with van der Waals surface area (Å²) in [6, 6.07) is 3.50. The van der Waals surface area contributed by atoms with Crippen LogP contribution in [-0.4, -0.2) is 20.2 Å². The fourth-order valence-corrected chi connectivity index (χ4v) is 3.00. The Hall–Kier alpha value is -1.24. The molecule has 3 rings (SSSR count). The van der Waals surface area contributed by atoms with Crippen LogP contribution in [0.1, 0.15) is 25.7 Å². The van der Waals surface area contributed by atoms with Crippen LogP contribution < -0.4 is 11.1 Å². The van der Waals surface area contributed by atoms with E-state index in [9.17, 15) is 4.79 Å². The Kier molecular flexibility index (Phi) is 3.16. The number of rotatable bonds is 3. The van der Waals surface area contributed by atoms with Gasteiger partial charge in [-0.25, -0.2) is 0 Å². The van der Waals surface area contributed by atoms with Gasteiger partial charge in [0.05, 0.1) is 22.4 Å². The third-order valence-electron chi connectivity index (χ3n) is 3.50. The van der Waals surface area contributed by atoms with E-state index in [0.717, 1.165) is 36.5 Å². The van der Waals surface area contributed by atoms with Crippen molar-refractivity contribution in [2.45, 2.75) is 31.2 Å². The second-order valence-electron chi connectivity index (χ2n) is 5.00. The molecule has 1 aliphatic carbocycles. The number of fused-ring (bicyclic) bond motifs is 1. The molecule has 0 atom stereocenters. The number of anilines is 1. The van der Waals surface area contributed by atoms with E-state index >= 15 is 0 Å². The molecule has 3 N–H and O–H groups in total. The van der Waals surface area contributed by atoms with Crippen LogP contribution in [0.2, 0.25) is 5.02 Å². The van der Waals surface area contributed by atoms with Crippen LogP contribution in [-0.2, 0) is 4.79 Å². The van der Waals surface area contributed by atoms with Crippen LogP contribution in [0.25, 0.3) is 11.0 Å². The Morgan fingerprint density at radius 2 is 2.26 bits per heavy atom. The first kappa shape index (κ1) is 12.8. The summed E-state index contributed by atoms with van der Waals surface area (Å²) in [5.41, 5.74) is 7.62. The summed E-state index contributed by atoms with van der Waals surface area (Å²) in [6.07, 6.45) is 3.21. The number of halogens is 1. The molecule has 0 radical (unpaired) electrons. The van der Waals surface area contributed by atoms with Crippen molar-refractivity contribution in [2.24, 2.45) is 5.73 Å². The SMILES string of the molecule is NC1(CC(=O)Nc2c(Cl)ccc3nsnc23)CCC1. The molecule has 1 aliphatic rings. The summed E-state index contributed by atoms with van der Waals surface area (Å²) in [5, 5.41) is 3.28. The Morgan fingerprint density at radius 3 is 2.95 bits per heavy atom. The van der Waals surface area contributed by atoms with Crippen molar-refractivity contribution < 1.29 is 4.79 Å². The number of benzene rings is 1. The molecular weight excluding hydrogens is 284 g/mol. The molecule has 1 amide bonds. The number of nitrogens with two attached hydrogens (primary N) is 1. The highest BCUT2D eigenvalue weighted by Crippen LogP contribution is 2.34. The van der Waals surface area contributed by atoms with Crippen LogP contribution in [0.3, 0.4) is 0 Å². The molecule has 1 fully saturated rings. The monoisotopic (exact) mass is 296 g/mol. The van der Waals surface area contributed by atoms with Gasteiger partial charge in [0.15, 0.2) is 0 Å². The number of carbonyl (C=O) groups excluding carboxylic acids is 1. The lowest BCUT2D eigenvalue weighted by Gasteiger charge is -2.37. The third-order valence-corrected chi connectivity index (χ3v) is 4.36. The molecule has 1 saturated carbocycles. The number of aromatic nitrogens is 2. The van der Waals surface area contributed by atoms with Crippen molar-refractivity contribution in [2.75, 3.05) is 5.32 Å². The maximum absolute atomic E-state index is 12.0. The maximum Gasteiger partial charge on any atom is 0.226 e. The molecule has 0 unspecified atom stereocenters. The quantitative estimate of drug-likeness (QED) is 0.912. The average molecular weight is 297 g/mol. The van der Waals surface area contributed by atoms with Gasteiger partial charge in [-0.05, 0) is 31.4 Å². The van der Waals surface area contributed by atoms with E-state index in [4.69, 9.17) is 17.3 Å². The lowest BCUT2D eigenvalue weighted by Crippen LogP contribution is -2.48. The van der Waals surface area contributed by atoms with E-state index in [2.05, 4.69) is 14.1 Å². The molecule has 100 valence electrons. The largest absolute Gasteiger partial charge is 0.325 e. The zero-order valence-electron chi connectivity index (χ0n) is 10.1. The van der Waals surface area contributed by atoms with Gasteiger partial charge in [0.2, 0.25) is 5.91 Å². The molecule has 1 heterocycles. The first-order valence-corrected chi connectivity index (χ1v) is 7.18. The molecule has 0 aliphatic heterocycles. The van der Waals surface area contributed by atoms with Crippen LogP contribution in [0, 0.1) is 0 Å². The second kappa shape index (κ2) is 4.70. The second-order valence-corrected chi connectivity index (χ2v) is 5.93. The topological polar surface area (TPSA) is 80.9 Å². The Labute approximate surface area is 119 Å². The minimum atomic E-state index is -0.342. The van der Waals surface area contributed by atoms with E-state index in [1.54, 1.807) is 12.1 Å². The third kappa shape index (κ3) is 2.43. The van der Waals surface area contributed by atoms with Gasteiger partial charge in [-0.3, -0.25) is 4.79 Å². The number of hydrogen-bond acceptors (Lipinski definition) is 5. The van der Waals surface area contributed by atoms with Gasteiger partial charge in [-0.15, -0.1) is 0 Å². The van der Waals surface area contributed by atoms with E-state index in [-0.39, 0.29) is 11.4 Å². The zero-order chi connectivity index (χ0) is 13.5. The van der Waals surface area contributed by atoms with Crippen molar-refractivity contribution in [3.63, 3.8) is 0 Å². The molecule has 0 saturated heterocycles. The standard InChI is InChI=1S/C12H13ClN4OS/c13-7-2-3-8-11(17-19-16-8)10(7)15-9(18)6-12(14)4-1-5-12/h2-3H,1,4-6,14H2,(H,15,18). The van der Waals surface area contributed by atoms with Gasteiger partial charge in [0.1, 0.15) is 11.0 Å². The van der Waals surface area contributed by atoms with Gasteiger partial charge in [-0.1, -0.05) is 11.6 Å². The summed E-state index contributed by atoms with van der Waals surface area (Å²) in [7, 11) is 0. The molecule has 2 aromatic rings. The average Bonchev–Trinajstić information content (AvgIpc) is 2.79. The van der Waals surface area contributed by atoms with Crippen molar-refractivity contribution in [3.8, 4) is 0 Å². The predicted molar refractivity (Wildman–Crippen MR) is 76.4 cm³/mol. The fraction of sp³-hybridized carbons (Fsp3) is 0.417. The Balaban J connectivity index is 1.82. The fourth-order valence-electron chi connectivity index (χ4n) is 2.26. The number of hydrogen-bond donors (Lipinski definition) is 2. The van der Waals surface area contributed by atoms with Crippen molar-refractivity contribution >= 4 is 46.0 Å². The highest BCUT2D eigenvalue weighted by Gasteiger charge is 2.34. The summed E-state index contributed by atoms with van der Waals surface area (Å²) in [5.74, 6) is -0.121. The summed E-state index contributed by atoms with van der Waals surface area (Å²) >= 11 is 7.21. The van der Waals surface area contributed by atoms with E-state index in [0.29, 0.717) is 22.6 Å². The molecule has 0 bridgehead atoms. The van der Waals surface area contributed by atoms with Crippen molar-refractivity contribution in [1.82, 2.24) is 8.75 Å². The van der Waals surface area contributed by atoms with Gasteiger partial charge in [0.25, 0.3) is 0 Å². The molecule has 1 aromatic heterocycles. The summed E-state index contributed by atoms with van der Waals surface area (Å²) in [4.78, 5) is 12.0. The number of carbonyl (C=O) groups is 1. The summed E-state index contributed by atoms with van der Waals surface area (Å²) < 4.78 is 8.29. The molecule has 1 aromatic carbocycles. The van der Waals surface area contributed by atoms with E-state index < -0.39 is 0 Å². The van der Waals surface area contributed by atoms with Gasteiger partial charge >= 0.3 is 0 Å². The number of amides is 1. The van der Waals surface area contributed by atoms with Crippen LogP contribution >= 0.6 is 23.3 Å². The lowest BCUT2D eigenvalue weighted by atomic mass is 9.75. The van der Waals surface area contributed by atoms with Crippen LogP contribution in [0.5, 0.6) is 0 Å². The molecular formula is C12H13ClN4OS. The smallest absolute Gasteiger partial charge is 0.226 e. The van der Waals surface area contributed by atoms with Crippen molar-refractivity contribution in [3.05, 3.63) is 17.2 Å². The van der Waals surface area contributed by atoms with Crippen LogP contribution in [0.4, 0.5) is 5.69 Å². The maximum atomic E-state index is 12.0. The van der Waals surface area contributed by atoms with E-state index in [1.165, 1.54) is 0 Å². The minimum Gasteiger partial charge on any atom is -0.325 e. The molecule has 0 spiro atoms. The van der Waals surface area contributed by atoms with Gasteiger partial charge in [0, 0.05) is 12.0 Å². The van der Waals surface area contributed by atoms with Gasteiger partial charge < -0.3 is 11.1 Å². The highest BCUT2D eigenvalue weighted by atomic mass is 35.5. The Morgan fingerprint density at radius 1 is 1.47 bits per heavy atom. The lowest BCUT2D eigenvalue weighted by molar-refractivity contribution is -0.118. The minimum absolute atomic E-state index is 0.121. The molecule has 5 nitrogen and oxygen atoms in total. The normalized spacial score (nSPS) is 17.2. The predicted octanol–water partition coefficient (Wildman–Crippen LogP) is 2.55. The zero-order valence-corrected chi connectivity index (χ0v) is 11.7. The summed E-state index contributed by atoms with van der Waals surface area (Å²) in [6.45, 7) is 0. The molecule has 7 heteroatoms. The highest BCUT2D eigenvalue weighted by molar-refractivity contribution is 7.00. The van der Waals surface area contributed by atoms with Gasteiger partial charge in [-0.2, -0.15) is 8.75 Å². The number of nitrogens with zero attached hydrogens (tertiary/aromatic N) is 2. The number of nitrogens with one attached hydrogen (secondary N) is 1. The van der Waals surface area contributed by atoms with Crippen LogP contribution in [0.15, 0.2) is 12.1 Å². The van der Waals surface area contributed by atoms with E-state index in [1.807, 2.05) is 0 Å².